The fraction of sp³-hybridized carbons (Fsp3) is 0.211. The summed E-state index contributed by atoms with van der Waals surface area (Å²) < 4.78 is 10.5. The Kier molecular flexibility index (Phi) is 6.45. The van der Waals surface area contributed by atoms with Crippen LogP contribution in [0.3, 0.4) is 0 Å². The van der Waals surface area contributed by atoms with E-state index in [1.165, 1.54) is 25.3 Å². The van der Waals surface area contributed by atoms with Crippen LogP contribution in [0.1, 0.15) is 6.42 Å². The zero-order chi connectivity index (χ0) is 20.8. The maximum Gasteiger partial charge on any atom is 0.296 e. The van der Waals surface area contributed by atoms with Gasteiger partial charge in [-0.15, -0.1) is 0 Å². The van der Waals surface area contributed by atoms with Crippen molar-refractivity contribution in [3.8, 4) is 11.5 Å². The molecule has 0 fully saturated rings. The Morgan fingerprint density at radius 3 is 2.69 bits per heavy atom. The van der Waals surface area contributed by atoms with Crippen LogP contribution in [0.25, 0.3) is 0 Å². The SMILES string of the molecule is COc1ccc(NC(=O)C[C@H]2SC(COc3ccccc3)=NC2=O)c([N+](=O)[O-])c1. The number of nitro benzene ring substituents is 1. The van der Waals surface area contributed by atoms with Gasteiger partial charge in [0.25, 0.3) is 11.6 Å². The van der Waals surface area contributed by atoms with Gasteiger partial charge in [0, 0.05) is 6.42 Å². The van der Waals surface area contributed by atoms with Gasteiger partial charge >= 0.3 is 0 Å². The summed E-state index contributed by atoms with van der Waals surface area (Å²) in [5.41, 5.74) is -0.263. The molecule has 150 valence electrons. The number of aliphatic imine (C=N–C) groups is 1. The van der Waals surface area contributed by atoms with E-state index in [4.69, 9.17) is 9.47 Å². The summed E-state index contributed by atoms with van der Waals surface area (Å²) >= 11 is 1.15. The van der Waals surface area contributed by atoms with E-state index >= 15 is 0 Å². The predicted molar refractivity (Wildman–Crippen MR) is 109 cm³/mol. The van der Waals surface area contributed by atoms with Crippen molar-refractivity contribution in [2.24, 2.45) is 4.99 Å². The van der Waals surface area contributed by atoms with Crippen LogP contribution < -0.4 is 14.8 Å². The first-order valence-electron chi connectivity index (χ1n) is 8.54. The first kappa shape index (κ1) is 20.3. The highest BCUT2D eigenvalue weighted by molar-refractivity contribution is 8.15. The van der Waals surface area contributed by atoms with Gasteiger partial charge in [0.05, 0.1) is 18.1 Å². The number of carbonyl (C=O) groups excluding carboxylic acids is 2. The molecule has 29 heavy (non-hydrogen) atoms. The molecule has 2 amide bonds. The van der Waals surface area contributed by atoms with E-state index < -0.39 is 22.0 Å². The number of nitrogens with zero attached hydrogens (tertiary/aromatic N) is 2. The van der Waals surface area contributed by atoms with Crippen molar-refractivity contribution >= 4 is 40.0 Å². The highest BCUT2D eigenvalue weighted by atomic mass is 32.2. The Bertz CT molecular complexity index is 964. The Hall–Kier alpha value is -3.40. The molecule has 1 heterocycles. The average Bonchev–Trinajstić information content (AvgIpc) is 3.06. The standard InChI is InChI=1S/C19H17N3O6S/c1-27-13-7-8-14(15(9-13)22(25)26)20-17(23)10-16-19(24)21-18(29-16)11-28-12-5-3-2-4-6-12/h2-9,16H,10-11H2,1H3,(H,20,23)/t16-/m1/s1. The molecule has 1 atom stereocenters. The Morgan fingerprint density at radius 1 is 1.24 bits per heavy atom. The molecule has 9 nitrogen and oxygen atoms in total. The molecule has 10 heteroatoms. The number of anilines is 1. The van der Waals surface area contributed by atoms with Gasteiger partial charge in [0.2, 0.25) is 5.91 Å². The minimum absolute atomic E-state index is 0.0322. The molecule has 0 spiro atoms. The molecule has 0 bridgehead atoms. The number of hydrogen-bond acceptors (Lipinski definition) is 7. The minimum Gasteiger partial charge on any atom is -0.496 e. The van der Waals surface area contributed by atoms with E-state index in [0.29, 0.717) is 16.5 Å². The van der Waals surface area contributed by atoms with Gasteiger partial charge in [-0.1, -0.05) is 30.0 Å². The fourth-order valence-corrected chi connectivity index (χ4v) is 3.54. The first-order chi connectivity index (χ1) is 14.0. The Balaban J connectivity index is 1.56. The third kappa shape index (κ3) is 5.32. The topological polar surface area (TPSA) is 120 Å². The van der Waals surface area contributed by atoms with Crippen molar-refractivity contribution in [3.63, 3.8) is 0 Å². The lowest BCUT2D eigenvalue weighted by Gasteiger charge is -2.10. The quantitative estimate of drug-likeness (QED) is 0.520. The zero-order valence-corrected chi connectivity index (χ0v) is 16.2. The number of amides is 2. The van der Waals surface area contributed by atoms with Crippen molar-refractivity contribution in [1.82, 2.24) is 0 Å². The average molecular weight is 415 g/mol. The number of hydrogen-bond donors (Lipinski definition) is 1. The summed E-state index contributed by atoms with van der Waals surface area (Å²) in [4.78, 5) is 38.9. The highest BCUT2D eigenvalue weighted by Crippen LogP contribution is 2.30. The summed E-state index contributed by atoms with van der Waals surface area (Å²) in [6.45, 7) is 0.127. The van der Waals surface area contributed by atoms with E-state index in [1.807, 2.05) is 18.2 Å². The number of para-hydroxylation sites is 1. The normalized spacial score (nSPS) is 15.6. The van der Waals surface area contributed by atoms with Gasteiger partial charge in [0.15, 0.2) is 0 Å². The number of thioether (sulfide) groups is 1. The maximum atomic E-state index is 12.3. The summed E-state index contributed by atoms with van der Waals surface area (Å²) in [5, 5.41) is 13.5. The third-order valence-electron chi connectivity index (χ3n) is 3.94. The second-order valence-corrected chi connectivity index (χ2v) is 7.22. The Labute approximate surface area is 170 Å². The molecule has 3 rings (SSSR count). The summed E-state index contributed by atoms with van der Waals surface area (Å²) in [6.07, 6.45) is -0.162. The van der Waals surface area contributed by atoms with Crippen LogP contribution in [-0.2, 0) is 9.59 Å². The summed E-state index contributed by atoms with van der Waals surface area (Å²) in [6, 6.07) is 13.2. The van der Waals surface area contributed by atoms with E-state index in [9.17, 15) is 19.7 Å². The van der Waals surface area contributed by atoms with Crippen molar-refractivity contribution in [1.29, 1.82) is 0 Å². The van der Waals surface area contributed by atoms with Crippen molar-refractivity contribution in [3.05, 3.63) is 58.6 Å². The predicted octanol–water partition coefficient (Wildman–Crippen LogP) is 3.05. The number of methoxy groups -OCH3 is 1. The van der Waals surface area contributed by atoms with Crippen molar-refractivity contribution in [2.75, 3.05) is 19.0 Å². The van der Waals surface area contributed by atoms with Gasteiger partial charge in [0.1, 0.15) is 34.1 Å². The van der Waals surface area contributed by atoms with Crippen molar-refractivity contribution < 1.29 is 24.0 Å². The Morgan fingerprint density at radius 2 is 2.00 bits per heavy atom. The lowest BCUT2D eigenvalue weighted by Crippen LogP contribution is -2.22. The van der Waals surface area contributed by atoms with Crippen LogP contribution in [0.15, 0.2) is 53.5 Å². The van der Waals surface area contributed by atoms with Gasteiger partial charge in [-0.05, 0) is 24.3 Å². The first-order valence-corrected chi connectivity index (χ1v) is 9.42. The largest absolute Gasteiger partial charge is 0.496 e. The number of ether oxygens (including phenoxy) is 2. The molecule has 0 saturated carbocycles. The second-order valence-electron chi connectivity index (χ2n) is 5.94. The fourth-order valence-electron chi connectivity index (χ4n) is 2.56. The van der Waals surface area contributed by atoms with Gasteiger partial charge < -0.3 is 14.8 Å². The van der Waals surface area contributed by atoms with Crippen LogP contribution in [0.5, 0.6) is 11.5 Å². The number of nitro groups is 1. The third-order valence-corrected chi connectivity index (χ3v) is 5.07. The van der Waals surface area contributed by atoms with Gasteiger partial charge in [-0.2, -0.15) is 0 Å². The second kappa shape index (κ2) is 9.20. The molecule has 1 N–H and O–H groups in total. The molecular weight excluding hydrogens is 398 g/mol. The van der Waals surface area contributed by atoms with Crippen molar-refractivity contribution in [2.45, 2.75) is 11.7 Å². The smallest absolute Gasteiger partial charge is 0.296 e. The minimum atomic E-state index is -0.693. The number of carbonyl (C=O) groups is 2. The molecule has 0 saturated heterocycles. The van der Waals surface area contributed by atoms with Crippen LogP contribution in [0.2, 0.25) is 0 Å². The number of rotatable bonds is 8. The van der Waals surface area contributed by atoms with Gasteiger partial charge in [-0.25, -0.2) is 4.99 Å². The molecule has 0 radical (unpaired) electrons. The van der Waals surface area contributed by atoms with Crippen LogP contribution in [0.4, 0.5) is 11.4 Å². The maximum absolute atomic E-state index is 12.3. The molecule has 0 aromatic heterocycles. The molecule has 1 aliphatic rings. The lowest BCUT2D eigenvalue weighted by molar-refractivity contribution is -0.384. The molecule has 0 aliphatic carbocycles. The number of benzene rings is 2. The number of nitrogens with one attached hydrogen (secondary N) is 1. The van der Waals surface area contributed by atoms with Crippen LogP contribution in [0, 0.1) is 10.1 Å². The molecule has 1 aliphatic heterocycles. The lowest BCUT2D eigenvalue weighted by atomic mass is 10.2. The monoisotopic (exact) mass is 415 g/mol. The van der Waals surface area contributed by atoms with E-state index in [1.54, 1.807) is 12.1 Å². The van der Waals surface area contributed by atoms with Crippen LogP contribution in [-0.4, -0.2) is 40.7 Å². The molecule has 2 aromatic carbocycles. The van der Waals surface area contributed by atoms with E-state index in [-0.39, 0.29) is 24.4 Å². The van der Waals surface area contributed by atoms with Crippen LogP contribution >= 0.6 is 11.8 Å². The molecule has 0 unspecified atom stereocenters. The molecule has 2 aromatic rings. The van der Waals surface area contributed by atoms with E-state index in [2.05, 4.69) is 10.3 Å². The van der Waals surface area contributed by atoms with E-state index in [0.717, 1.165) is 11.8 Å². The highest BCUT2D eigenvalue weighted by Gasteiger charge is 2.31. The molecular formula is C19H17N3O6S. The van der Waals surface area contributed by atoms with Gasteiger partial charge in [-0.3, -0.25) is 19.7 Å². The summed E-state index contributed by atoms with van der Waals surface area (Å²) in [5.74, 6) is -0.00507. The summed E-state index contributed by atoms with van der Waals surface area (Å²) in [7, 11) is 1.39. The zero-order valence-electron chi connectivity index (χ0n) is 15.4.